The highest BCUT2D eigenvalue weighted by atomic mass is 79.9. The van der Waals surface area contributed by atoms with E-state index in [2.05, 4.69) is 28.2 Å². The van der Waals surface area contributed by atoms with Gasteiger partial charge in [-0.2, -0.15) is 0 Å². The van der Waals surface area contributed by atoms with Crippen molar-refractivity contribution >= 4 is 21.8 Å². The van der Waals surface area contributed by atoms with E-state index in [1.165, 1.54) is 12.8 Å². The van der Waals surface area contributed by atoms with Crippen LogP contribution in [0.2, 0.25) is 0 Å². The van der Waals surface area contributed by atoms with Crippen LogP contribution in [0.1, 0.15) is 39.5 Å². The van der Waals surface area contributed by atoms with Gasteiger partial charge in [-0.25, -0.2) is 0 Å². The van der Waals surface area contributed by atoms with Gasteiger partial charge in [0.05, 0.1) is 0 Å². The van der Waals surface area contributed by atoms with Crippen LogP contribution in [0.3, 0.4) is 0 Å². The number of carbonyl (C=O) groups is 1. The fourth-order valence-electron chi connectivity index (χ4n) is 1.98. The Balaban J connectivity index is 2.55. The zero-order valence-corrected chi connectivity index (χ0v) is 9.99. The molecule has 0 saturated heterocycles. The first-order valence-electron chi connectivity index (χ1n) is 4.93. The van der Waals surface area contributed by atoms with Crippen LogP contribution < -0.4 is 5.32 Å². The Labute approximate surface area is 88.6 Å². The number of hydrogen-bond donors (Lipinski definition) is 1. The second kappa shape index (κ2) is 4.45. The van der Waals surface area contributed by atoms with Crippen molar-refractivity contribution in [2.24, 2.45) is 5.92 Å². The van der Waals surface area contributed by atoms with E-state index in [-0.39, 0.29) is 11.4 Å². The van der Waals surface area contributed by atoms with Gasteiger partial charge in [0.15, 0.2) is 0 Å². The van der Waals surface area contributed by atoms with Crippen molar-refractivity contribution < 1.29 is 4.79 Å². The van der Waals surface area contributed by atoms with Crippen molar-refractivity contribution in [3.05, 3.63) is 0 Å². The molecule has 1 saturated carbocycles. The van der Waals surface area contributed by atoms with Gasteiger partial charge in [0.1, 0.15) is 0 Å². The lowest BCUT2D eigenvalue weighted by molar-refractivity contribution is -0.121. The minimum absolute atomic E-state index is 0.0400. The number of amides is 1. The van der Waals surface area contributed by atoms with Crippen LogP contribution >= 0.6 is 15.9 Å². The predicted molar refractivity (Wildman–Crippen MR) is 58.0 cm³/mol. The number of hydrogen-bond acceptors (Lipinski definition) is 1. The molecule has 3 heteroatoms. The first-order chi connectivity index (χ1) is 6.08. The third-order valence-electron chi connectivity index (χ3n) is 2.93. The highest BCUT2D eigenvalue weighted by Crippen LogP contribution is 2.33. The third kappa shape index (κ3) is 2.97. The van der Waals surface area contributed by atoms with Crippen molar-refractivity contribution in [3.63, 3.8) is 0 Å². The van der Waals surface area contributed by atoms with E-state index in [0.717, 1.165) is 24.1 Å². The molecule has 0 aromatic rings. The van der Waals surface area contributed by atoms with E-state index in [9.17, 15) is 4.79 Å². The summed E-state index contributed by atoms with van der Waals surface area (Å²) >= 11 is 3.50. The fraction of sp³-hybridized carbons (Fsp3) is 0.900. The van der Waals surface area contributed by atoms with Gasteiger partial charge in [0.25, 0.3) is 0 Å². The average Bonchev–Trinajstić information content (AvgIpc) is 2.09. The molecule has 76 valence electrons. The molecule has 0 aromatic carbocycles. The van der Waals surface area contributed by atoms with E-state index in [4.69, 9.17) is 0 Å². The van der Waals surface area contributed by atoms with Gasteiger partial charge in [-0.05, 0) is 31.6 Å². The zero-order valence-electron chi connectivity index (χ0n) is 8.40. The van der Waals surface area contributed by atoms with Crippen molar-refractivity contribution in [1.29, 1.82) is 0 Å². The summed E-state index contributed by atoms with van der Waals surface area (Å²) < 4.78 is 0. The summed E-state index contributed by atoms with van der Waals surface area (Å²) in [4.78, 5) is 11.0. The smallest absolute Gasteiger partial charge is 0.217 e. The molecule has 1 aliphatic rings. The molecule has 0 unspecified atom stereocenters. The minimum atomic E-state index is 0.0400. The van der Waals surface area contributed by atoms with Gasteiger partial charge < -0.3 is 5.32 Å². The summed E-state index contributed by atoms with van der Waals surface area (Å²) in [6.07, 6.45) is 4.68. The number of alkyl halides is 1. The molecule has 0 heterocycles. The Morgan fingerprint density at radius 2 is 2.08 bits per heavy atom. The summed E-state index contributed by atoms with van der Waals surface area (Å²) in [6.45, 7) is 3.88. The highest BCUT2D eigenvalue weighted by molar-refractivity contribution is 9.09. The lowest BCUT2D eigenvalue weighted by Gasteiger charge is -2.38. The molecular formula is C10H18BrNO. The number of halogens is 1. The van der Waals surface area contributed by atoms with Crippen molar-refractivity contribution in [2.75, 3.05) is 5.33 Å². The van der Waals surface area contributed by atoms with Gasteiger partial charge in [0, 0.05) is 17.8 Å². The number of rotatable bonds is 2. The summed E-state index contributed by atoms with van der Waals surface area (Å²) in [6, 6.07) is 0. The van der Waals surface area contributed by atoms with Crippen LogP contribution in [0.4, 0.5) is 0 Å². The van der Waals surface area contributed by atoms with Crippen LogP contribution in [0.25, 0.3) is 0 Å². The molecule has 0 bridgehead atoms. The summed E-state index contributed by atoms with van der Waals surface area (Å²) in [5.41, 5.74) is 0.0400. The van der Waals surface area contributed by atoms with E-state index < -0.39 is 0 Å². The summed E-state index contributed by atoms with van der Waals surface area (Å²) in [5.74, 6) is 0.912. The average molecular weight is 248 g/mol. The molecule has 1 N–H and O–H groups in total. The molecule has 13 heavy (non-hydrogen) atoms. The standard InChI is InChI=1S/C10H18BrNO/c1-8-3-5-10(7-11,6-4-8)12-9(2)13/h8H,3-7H2,1-2H3,(H,12,13). The van der Waals surface area contributed by atoms with Gasteiger partial charge in [-0.1, -0.05) is 22.9 Å². The lowest BCUT2D eigenvalue weighted by Crippen LogP contribution is -2.51. The quantitative estimate of drug-likeness (QED) is 0.747. The molecule has 0 aliphatic heterocycles. The van der Waals surface area contributed by atoms with E-state index in [1.54, 1.807) is 6.92 Å². The second-order valence-corrected chi connectivity index (χ2v) is 4.84. The van der Waals surface area contributed by atoms with Gasteiger partial charge in [-0.3, -0.25) is 4.79 Å². The summed E-state index contributed by atoms with van der Waals surface area (Å²) in [5, 5.41) is 3.96. The SMILES string of the molecule is CC(=O)NC1(CBr)CCC(C)CC1. The molecular weight excluding hydrogens is 230 g/mol. The molecule has 1 fully saturated rings. The molecule has 1 aliphatic carbocycles. The monoisotopic (exact) mass is 247 g/mol. The van der Waals surface area contributed by atoms with Gasteiger partial charge in [-0.15, -0.1) is 0 Å². The predicted octanol–water partition coefficient (Wildman–Crippen LogP) is 2.47. The fourth-order valence-corrected chi connectivity index (χ4v) is 2.68. The molecule has 0 aromatic heterocycles. The topological polar surface area (TPSA) is 29.1 Å². The maximum absolute atomic E-state index is 11.0. The minimum Gasteiger partial charge on any atom is -0.350 e. The molecule has 0 spiro atoms. The van der Waals surface area contributed by atoms with Crippen molar-refractivity contribution in [3.8, 4) is 0 Å². The Bertz CT molecular complexity index is 185. The largest absolute Gasteiger partial charge is 0.350 e. The molecule has 2 nitrogen and oxygen atoms in total. The highest BCUT2D eigenvalue weighted by Gasteiger charge is 2.33. The van der Waals surface area contributed by atoms with E-state index in [1.807, 2.05) is 0 Å². The van der Waals surface area contributed by atoms with Gasteiger partial charge >= 0.3 is 0 Å². The molecule has 0 radical (unpaired) electrons. The Morgan fingerprint density at radius 1 is 1.54 bits per heavy atom. The Kier molecular flexibility index (Phi) is 3.77. The lowest BCUT2D eigenvalue weighted by atomic mass is 9.78. The first-order valence-corrected chi connectivity index (χ1v) is 6.05. The van der Waals surface area contributed by atoms with Crippen molar-refractivity contribution in [2.45, 2.75) is 45.1 Å². The Morgan fingerprint density at radius 3 is 2.46 bits per heavy atom. The normalized spacial score (nSPS) is 34.2. The zero-order chi connectivity index (χ0) is 9.90. The van der Waals surface area contributed by atoms with Crippen LogP contribution in [0, 0.1) is 5.92 Å². The molecule has 0 atom stereocenters. The van der Waals surface area contributed by atoms with Crippen LogP contribution in [-0.2, 0) is 4.79 Å². The number of carbonyl (C=O) groups excluding carboxylic acids is 1. The van der Waals surface area contributed by atoms with Gasteiger partial charge in [0.2, 0.25) is 5.91 Å². The van der Waals surface area contributed by atoms with E-state index in [0.29, 0.717) is 0 Å². The maximum Gasteiger partial charge on any atom is 0.217 e. The Hall–Kier alpha value is -0.0500. The van der Waals surface area contributed by atoms with E-state index >= 15 is 0 Å². The molecule has 1 rings (SSSR count). The summed E-state index contributed by atoms with van der Waals surface area (Å²) in [7, 11) is 0. The molecule has 1 amide bonds. The third-order valence-corrected chi connectivity index (χ3v) is 4.00. The van der Waals surface area contributed by atoms with Crippen LogP contribution in [0.15, 0.2) is 0 Å². The second-order valence-electron chi connectivity index (χ2n) is 4.28. The van der Waals surface area contributed by atoms with Crippen molar-refractivity contribution in [1.82, 2.24) is 5.32 Å². The van der Waals surface area contributed by atoms with Crippen LogP contribution in [-0.4, -0.2) is 16.8 Å². The first kappa shape index (κ1) is 11.0. The number of nitrogens with one attached hydrogen (secondary N) is 1. The maximum atomic E-state index is 11.0. The van der Waals surface area contributed by atoms with Crippen LogP contribution in [0.5, 0.6) is 0 Å².